The van der Waals surface area contributed by atoms with Gasteiger partial charge in [-0.3, -0.25) is 24.4 Å². The van der Waals surface area contributed by atoms with E-state index in [4.69, 9.17) is 25.8 Å². The standard InChI is InChI=1S/C37H46ClFN4O6/c1-36(2,3)48-34(45)32-13-9-18-41(32)19-10-20-43(31-12-8-7-11-30(31)39)33(44)26-23-27(38)25-29(24-26)47-22-21-42(28-14-16-40-17-15-28)35(46)49-37(4,5)6/h7-8,11-12,14-17,23-25,32H,9-10,13,18-22H2,1-6H3/t32-/m1/s1. The van der Waals surface area contributed by atoms with Crippen molar-refractivity contribution in [3.8, 4) is 5.75 Å². The number of pyridine rings is 1. The van der Waals surface area contributed by atoms with Gasteiger partial charge in [0.25, 0.3) is 5.91 Å². The first-order valence-corrected chi connectivity index (χ1v) is 16.9. The van der Waals surface area contributed by atoms with Crippen molar-refractivity contribution >= 4 is 40.9 Å². The Labute approximate surface area is 293 Å². The molecule has 0 aliphatic carbocycles. The van der Waals surface area contributed by atoms with Crippen molar-refractivity contribution < 1.29 is 33.0 Å². The summed E-state index contributed by atoms with van der Waals surface area (Å²) in [5.74, 6) is -0.954. The molecule has 1 aromatic heterocycles. The quantitative estimate of drug-likeness (QED) is 0.179. The van der Waals surface area contributed by atoms with Crippen LogP contribution in [0.5, 0.6) is 5.75 Å². The highest BCUT2D eigenvalue weighted by Gasteiger charge is 2.34. The third kappa shape index (κ3) is 11.2. The van der Waals surface area contributed by atoms with Crippen LogP contribution in [0.4, 0.5) is 20.6 Å². The van der Waals surface area contributed by atoms with Crippen LogP contribution in [0.25, 0.3) is 0 Å². The number of rotatable bonds is 12. The van der Waals surface area contributed by atoms with Gasteiger partial charge in [-0.15, -0.1) is 0 Å². The molecule has 12 heteroatoms. The number of likely N-dealkylation sites (tertiary alicyclic amines) is 1. The van der Waals surface area contributed by atoms with Gasteiger partial charge in [0, 0.05) is 36.1 Å². The van der Waals surface area contributed by atoms with Crippen LogP contribution in [0.1, 0.15) is 71.2 Å². The number of ether oxygens (including phenoxy) is 3. The van der Waals surface area contributed by atoms with Crippen molar-refractivity contribution in [2.75, 3.05) is 42.6 Å². The van der Waals surface area contributed by atoms with E-state index in [1.807, 2.05) is 20.8 Å². The molecule has 0 radical (unpaired) electrons. The van der Waals surface area contributed by atoms with Gasteiger partial charge in [0.2, 0.25) is 0 Å². The van der Waals surface area contributed by atoms with E-state index in [0.29, 0.717) is 30.8 Å². The molecule has 1 aliphatic rings. The highest BCUT2D eigenvalue weighted by Crippen LogP contribution is 2.27. The Balaban J connectivity index is 1.48. The van der Waals surface area contributed by atoms with E-state index in [1.54, 1.807) is 75.6 Å². The molecule has 2 amide bonds. The van der Waals surface area contributed by atoms with Crippen LogP contribution in [0.15, 0.2) is 67.0 Å². The van der Waals surface area contributed by atoms with Gasteiger partial charge in [0.05, 0.1) is 17.9 Å². The zero-order valence-electron chi connectivity index (χ0n) is 29.1. The smallest absolute Gasteiger partial charge is 0.414 e. The lowest BCUT2D eigenvalue weighted by atomic mass is 10.1. The molecule has 1 fully saturated rings. The largest absolute Gasteiger partial charge is 0.492 e. The normalized spacial score (nSPS) is 15.1. The molecule has 0 spiro atoms. The van der Waals surface area contributed by atoms with Crippen molar-refractivity contribution in [2.45, 2.75) is 78.0 Å². The first kappa shape index (κ1) is 37.6. The zero-order valence-corrected chi connectivity index (χ0v) is 29.8. The third-order valence-electron chi connectivity index (χ3n) is 7.55. The summed E-state index contributed by atoms with van der Waals surface area (Å²) in [6.45, 7) is 12.5. The van der Waals surface area contributed by atoms with Crippen molar-refractivity contribution in [3.63, 3.8) is 0 Å². The summed E-state index contributed by atoms with van der Waals surface area (Å²) in [4.78, 5) is 48.8. The van der Waals surface area contributed by atoms with Gasteiger partial charge in [-0.05, 0) is 110 Å². The Morgan fingerprint density at radius 2 is 1.63 bits per heavy atom. The number of benzene rings is 2. The highest BCUT2D eigenvalue weighted by molar-refractivity contribution is 6.31. The number of hydrogen-bond acceptors (Lipinski definition) is 8. The Kier molecular flexibility index (Phi) is 12.6. The number of nitrogens with zero attached hydrogens (tertiary/aromatic N) is 4. The van der Waals surface area contributed by atoms with E-state index < -0.39 is 29.0 Å². The number of amides is 2. The predicted octanol–water partition coefficient (Wildman–Crippen LogP) is 7.54. The molecule has 1 aliphatic heterocycles. The number of hydrogen-bond donors (Lipinski definition) is 0. The first-order chi connectivity index (χ1) is 23.1. The van der Waals surface area contributed by atoms with Crippen molar-refractivity contribution in [1.29, 1.82) is 0 Å². The molecule has 1 atom stereocenters. The maximum absolute atomic E-state index is 15.1. The maximum Gasteiger partial charge on any atom is 0.414 e. The molecule has 49 heavy (non-hydrogen) atoms. The molecule has 2 aromatic carbocycles. The molecule has 4 rings (SSSR count). The number of anilines is 2. The minimum atomic E-state index is -0.705. The molecule has 3 aromatic rings. The van der Waals surface area contributed by atoms with Gasteiger partial charge in [-0.1, -0.05) is 23.7 Å². The van der Waals surface area contributed by atoms with Crippen molar-refractivity contribution in [1.82, 2.24) is 9.88 Å². The lowest BCUT2D eigenvalue weighted by Gasteiger charge is -2.29. The molecule has 0 N–H and O–H groups in total. The van der Waals surface area contributed by atoms with E-state index in [1.165, 1.54) is 21.9 Å². The predicted molar refractivity (Wildman–Crippen MR) is 188 cm³/mol. The fraction of sp³-hybridized carbons (Fsp3) is 0.459. The second kappa shape index (κ2) is 16.5. The first-order valence-electron chi connectivity index (χ1n) is 16.5. The fourth-order valence-corrected chi connectivity index (χ4v) is 5.74. The number of aromatic nitrogens is 1. The Bertz CT molecular complexity index is 1590. The summed E-state index contributed by atoms with van der Waals surface area (Å²) in [7, 11) is 0. The molecular weight excluding hydrogens is 651 g/mol. The summed E-state index contributed by atoms with van der Waals surface area (Å²) < 4.78 is 32.3. The molecular formula is C37H46ClFN4O6. The number of esters is 1. The van der Waals surface area contributed by atoms with Crippen molar-refractivity contribution in [2.24, 2.45) is 0 Å². The average Bonchev–Trinajstić information content (AvgIpc) is 3.49. The molecule has 264 valence electrons. The van der Waals surface area contributed by atoms with E-state index in [9.17, 15) is 14.4 Å². The third-order valence-corrected chi connectivity index (χ3v) is 7.77. The summed E-state index contributed by atoms with van der Waals surface area (Å²) in [6.07, 6.45) is 4.66. The van der Waals surface area contributed by atoms with Crippen LogP contribution in [0, 0.1) is 5.82 Å². The zero-order chi connectivity index (χ0) is 35.8. The minimum Gasteiger partial charge on any atom is -0.492 e. The summed E-state index contributed by atoms with van der Waals surface area (Å²) >= 11 is 6.45. The summed E-state index contributed by atoms with van der Waals surface area (Å²) in [6, 6.07) is 13.8. The lowest BCUT2D eigenvalue weighted by Crippen LogP contribution is -2.42. The van der Waals surface area contributed by atoms with Crippen molar-refractivity contribution in [3.05, 3.63) is 83.4 Å². The number of para-hydroxylation sites is 1. The Morgan fingerprint density at radius 3 is 2.31 bits per heavy atom. The second-order valence-electron chi connectivity index (χ2n) is 13.9. The maximum atomic E-state index is 15.1. The van der Waals surface area contributed by atoms with Gasteiger partial charge in [0.1, 0.15) is 35.4 Å². The SMILES string of the molecule is CC(C)(C)OC(=O)[C@H]1CCCN1CCCN(C(=O)c1cc(Cl)cc(OCCN(C(=O)OC(C)(C)C)c2ccncc2)c1)c1ccccc1F. The molecule has 0 bridgehead atoms. The van der Waals surface area contributed by atoms with E-state index in [2.05, 4.69) is 9.88 Å². The summed E-state index contributed by atoms with van der Waals surface area (Å²) in [5, 5.41) is 0.254. The topological polar surface area (TPSA) is 102 Å². The van der Waals surface area contributed by atoms with Crippen LogP contribution < -0.4 is 14.5 Å². The number of carbonyl (C=O) groups is 3. The van der Waals surface area contributed by atoms with Gasteiger partial charge in [-0.2, -0.15) is 0 Å². The van der Waals surface area contributed by atoms with Crippen LogP contribution in [0.3, 0.4) is 0 Å². The van der Waals surface area contributed by atoms with Gasteiger partial charge >= 0.3 is 12.1 Å². The Morgan fingerprint density at radius 1 is 0.939 bits per heavy atom. The molecule has 0 saturated carbocycles. The van der Waals surface area contributed by atoms with Crippen LogP contribution >= 0.6 is 11.6 Å². The molecule has 2 heterocycles. The van der Waals surface area contributed by atoms with E-state index in [0.717, 1.165) is 13.0 Å². The fourth-order valence-electron chi connectivity index (χ4n) is 5.51. The van der Waals surface area contributed by atoms with Crippen LogP contribution in [-0.4, -0.2) is 77.9 Å². The minimum absolute atomic E-state index is 0.0568. The van der Waals surface area contributed by atoms with E-state index in [-0.39, 0.29) is 48.0 Å². The number of carbonyl (C=O) groups excluding carboxylic acids is 3. The van der Waals surface area contributed by atoms with Gasteiger partial charge in [-0.25, -0.2) is 9.18 Å². The average molecular weight is 697 g/mol. The monoisotopic (exact) mass is 696 g/mol. The lowest BCUT2D eigenvalue weighted by molar-refractivity contribution is -0.160. The molecule has 10 nitrogen and oxygen atoms in total. The van der Waals surface area contributed by atoms with Gasteiger partial charge < -0.3 is 19.1 Å². The molecule has 1 saturated heterocycles. The molecule has 0 unspecified atom stereocenters. The Hall–Kier alpha value is -4.22. The second-order valence-corrected chi connectivity index (χ2v) is 14.3. The highest BCUT2D eigenvalue weighted by atomic mass is 35.5. The summed E-state index contributed by atoms with van der Waals surface area (Å²) in [5.41, 5.74) is -0.372. The van der Waals surface area contributed by atoms with Gasteiger partial charge in [0.15, 0.2) is 0 Å². The van der Waals surface area contributed by atoms with Crippen LogP contribution in [0.2, 0.25) is 5.02 Å². The number of halogens is 2. The van der Waals surface area contributed by atoms with Crippen LogP contribution in [-0.2, 0) is 14.3 Å². The van der Waals surface area contributed by atoms with E-state index >= 15 is 4.39 Å².